The molecule has 1 heterocycles. The molecular weight excluding hydrogens is 274 g/mol. The minimum Gasteiger partial charge on any atom is -0.289 e. The second-order valence-corrected chi connectivity index (χ2v) is 4.21. The molecule has 0 saturated carbocycles. The third-order valence-corrected chi connectivity index (χ3v) is 2.80. The van der Waals surface area contributed by atoms with Gasteiger partial charge in [-0.1, -0.05) is 0 Å². The van der Waals surface area contributed by atoms with Crippen LogP contribution in [0.5, 0.6) is 0 Å². The molecule has 6 heteroatoms. The molecular formula is C14H9F4NO. The molecule has 1 aromatic heterocycles. The number of aromatic nitrogens is 1. The number of halogens is 4. The van der Waals surface area contributed by atoms with Crippen LogP contribution in [0.15, 0.2) is 36.7 Å². The maximum absolute atomic E-state index is 13.0. The summed E-state index contributed by atoms with van der Waals surface area (Å²) in [6, 6.07) is 4.03. The highest BCUT2D eigenvalue weighted by Crippen LogP contribution is 2.32. The van der Waals surface area contributed by atoms with Crippen LogP contribution in [0.25, 0.3) is 0 Å². The number of pyridine rings is 1. The summed E-state index contributed by atoms with van der Waals surface area (Å²) in [5.74, 6) is -1.38. The van der Waals surface area contributed by atoms with E-state index in [1.54, 1.807) is 0 Å². The fourth-order valence-electron chi connectivity index (χ4n) is 1.85. The van der Waals surface area contributed by atoms with Crippen LogP contribution in [0.1, 0.15) is 27.0 Å². The lowest BCUT2D eigenvalue weighted by molar-refractivity contribution is -0.137. The Kier molecular flexibility index (Phi) is 3.57. The van der Waals surface area contributed by atoms with Gasteiger partial charge in [-0.25, -0.2) is 4.39 Å². The fraction of sp³-hybridized carbons (Fsp3) is 0.143. The second-order valence-electron chi connectivity index (χ2n) is 4.21. The van der Waals surface area contributed by atoms with Crippen molar-refractivity contribution in [3.8, 4) is 0 Å². The summed E-state index contributed by atoms with van der Waals surface area (Å²) in [5.41, 5.74) is -1.31. The number of alkyl halides is 3. The summed E-state index contributed by atoms with van der Waals surface area (Å²) in [6.07, 6.45) is -2.81. The van der Waals surface area contributed by atoms with E-state index in [9.17, 15) is 22.4 Å². The summed E-state index contributed by atoms with van der Waals surface area (Å²) in [4.78, 5) is 15.7. The molecule has 0 fully saturated rings. The molecule has 0 N–H and O–H groups in total. The van der Waals surface area contributed by atoms with E-state index in [0.29, 0.717) is 0 Å². The Bertz CT molecular complexity index is 664. The number of carbonyl (C=O) groups is 1. The second kappa shape index (κ2) is 5.03. The predicted octanol–water partition coefficient (Wildman–Crippen LogP) is 3.78. The number of aryl methyl sites for hydroxylation is 1. The van der Waals surface area contributed by atoms with Crippen LogP contribution in [0.3, 0.4) is 0 Å². The predicted molar refractivity (Wildman–Crippen MR) is 63.8 cm³/mol. The smallest absolute Gasteiger partial charge is 0.289 e. The molecule has 0 saturated heterocycles. The van der Waals surface area contributed by atoms with E-state index >= 15 is 0 Å². The van der Waals surface area contributed by atoms with E-state index in [4.69, 9.17) is 0 Å². The first-order valence-electron chi connectivity index (χ1n) is 5.63. The van der Waals surface area contributed by atoms with Crippen molar-refractivity contribution in [1.82, 2.24) is 4.98 Å². The van der Waals surface area contributed by atoms with E-state index in [-0.39, 0.29) is 11.1 Å². The fourth-order valence-corrected chi connectivity index (χ4v) is 1.85. The lowest BCUT2D eigenvalue weighted by Gasteiger charge is -2.12. The third-order valence-electron chi connectivity index (χ3n) is 2.80. The monoisotopic (exact) mass is 283 g/mol. The van der Waals surface area contributed by atoms with E-state index in [0.717, 1.165) is 30.6 Å². The van der Waals surface area contributed by atoms with Gasteiger partial charge >= 0.3 is 6.18 Å². The third kappa shape index (κ3) is 2.68. The van der Waals surface area contributed by atoms with Gasteiger partial charge in [0.2, 0.25) is 0 Å². The Balaban J connectivity index is 2.55. The number of hydrogen-bond donors (Lipinski definition) is 0. The molecule has 0 spiro atoms. The number of nitrogens with zero attached hydrogens (tertiary/aromatic N) is 1. The number of rotatable bonds is 2. The first-order chi connectivity index (χ1) is 9.30. The number of ketones is 1. The van der Waals surface area contributed by atoms with Crippen molar-refractivity contribution in [2.24, 2.45) is 0 Å². The van der Waals surface area contributed by atoms with Gasteiger partial charge < -0.3 is 0 Å². The van der Waals surface area contributed by atoms with Crippen LogP contribution in [0.2, 0.25) is 0 Å². The van der Waals surface area contributed by atoms with E-state index in [1.807, 2.05) is 0 Å². The van der Waals surface area contributed by atoms with Gasteiger partial charge in [0.05, 0.1) is 11.1 Å². The lowest BCUT2D eigenvalue weighted by Crippen LogP contribution is -2.15. The molecule has 0 aliphatic heterocycles. The number of carbonyl (C=O) groups excluding carboxylic acids is 1. The zero-order valence-corrected chi connectivity index (χ0v) is 10.3. The van der Waals surface area contributed by atoms with Gasteiger partial charge in [-0.2, -0.15) is 13.2 Å². The minimum absolute atomic E-state index is 0.0184. The molecule has 0 atom stereocenters. The molecule has 2 rings (SSSR count). The topological polar surface area (TPSA) is 30.0 Å². The van der Waals surface area contributed by atoms with Crippen molar-refractivity contribution in [3.63, 3.8) is 0 Å². The van der Waals surface area contributed by atoms with Gasteiger partial charge in [-0.3, -0.25) is 9.78 Å². The van der Waals surface area contributed by atoms with Crippen molar-refractivity contribution < 1.29 is 22.4 Å². The quantitative estimate of drug-likeness (QED) is 0.620. The molecule has 0 aliphatic carbocycles. The summed E-state index contributed by atoms with van der Waals surface area (Å²) in [6.45, 7) is 1.46. The van der Waals surface area contributed by atoms with E-state index in [2.05, 4.69) is 4.98 Å². The molecule has 2 aromatic rings. The Morgan fingerprint density at radius 3 is 2.45 bits per heavy atom. The van der Waals surface area contributed by atoms with E-state index < -0.39 is 28.9 Å². The first kappa shape index (κ1) is 14.2. The molecule has 0 bridgehead atoms. The lowest BCUT2D eigenvalue weighted by atomic mass is 9.97. The van der Waals surface area contributed by atoms with Crippen molar-refractivity contribution in [3.05, 3.63) is 64.7 Å². The average molecular weight is 283 g/mol. The zero-order valence-electron chi connectivity index (χ0n) is 10.3. The van der Waals surface area contributed by atoms with Crippen LogP contribution >= 0.6 is 0 Å². The molecule has 0 unspecified atom stereocenters. The Hall–Kier alpha value is -2.24. The first-order valence-corrected chi connectivity index (χ1v) is 5.63. The van der Waals surface area contributed by atoms with Crippen LogP contribution < -0.4 is 0 Å². The van der Waals surface area contributed by atoms with Crippen molar-refractivity contribution >= 4 is 5.78 Å². The van der Waals surface area contributed by atoms with Gasteiger partial charge in [0.25, 0.3) is 0 Å². The molecule has 1 aromatic carbocycles. The maximum Gasteiger partial charge on any atom is 0.417 e. The molecule has 104 valence electrons. The van der Waals surface area contributed by atoms with Gasteiger partial charge in [-0.05, 0) is 36.8 Å². The summed E-state index contributed by atoms with van der Waals surface area (Å²) in [7, 11) is 0. The van der Waals surface area contributed by atoms with Crippen molar-refractivity contribution in [2.75, 3.05) is 0 Å². The molecule has 20 heavy (non-hydrogen) atoms. The van der Waals surface area contributed by atoms with Crippen LogP contribution in [0, 0.1) is 12.7 Å². The minimum atomic E-state index is -4.65. The molecule has 2 nitrogen and oxygen atoms in total. The summed E-state index contributed by atoms with van der Waals surface area (Å²) in [5, 5.41) is 0. The highest BCUT2D eigenvalue weighted by atomic mass is 19.4. The normalized spacial score (nSPS) is 11.4. The van der Waals surface area contributed by atoms with Gasteiger partial charge in [0, 0.05) is 18.0 Å². The molecule has 0 aliphatic rings. The maximum atomic E-state index is 13.0. The molecule has 0 amide bonds. The SMILES string of the molecule is Cc1cc(F)ccc1C(=O)c1cnccc1C(F)(F)F. The van der Waals surface area contributed by atoms with Gasteiger partial charge in [0.15, 0.2) is 5.78 Å². The number of hydrogen-bond acceptors (Lipinski definition) is 2. The average Bonchev–Trinajstić information content (AvgIpc) is 2.37. The Morgan fingerprint density at radius 2 is 1.85 bits per heavy atom. The number of benzene rings is 1. The largest absolute Gasteiger partial charge is 0.417 e. The van der Waals surface area contributed by atoms with Crippen LogP contribution in [0.4, 0.5) is 17.6 Å². The van der Waals surface area contributed by atoms with Gasteiger partial charge in [0.1, 0.15) is 5.82 Å². The van der Waals surface area contributed by atoms with E-state index in [1.165, 1.54) is 13.0 Å². The highest BCUT2D eigenvalue weighted by Gasteiger charge is 2.35. The van der Waals surface area contributed by atoms with Crippen LogP contribution in [-0.2, 0) is 6.18 Å². The van der Waals surface area contributed by atoms with Crippen molar-refractivity contribution in [1.29, 1.82) is 0 Å². The zero-order chi connectivity index (χ0) is 14.9. The highest BCUT2D eigenvalue weighted by molar-refractivity contribution is 6.10. The Morgan fingerprint density at radius 1 is 1.15 bits per heavy atom. The standard InChI is InChI=1S/C14H9F4NO/c1-8-6-9(15)2-3-10(8)13(20)11-7-19-5-4-12(11)14(16,17)18/h2-7H,1H3. The van der Waals surface area contributed by atoms with Crippen molar-refractivity contribution in [2.45, 2.75) is 13.1 Å². The van der Waals surface area contributed by atoms with Crippen LogP contribution in [-0.4, -0.2) is 10.8 Å². The summed E-state index contributed by atoms with van der Waals surface area (Å²) >= 11 is 0. The Labute approximate surface area is 112 Å². The molecule has 0 radical (unpaired) electrons. The summed E-state index contributed by atoms with van der Waals surface area (Å²) < 4.78 is 51.5. The van der Waals surface area contributed by atoms with Gasteiger partial charge in [-0.15, -0.1) is 0 Å².